The van der Waals surface area contributed by atoms with Crippen LogP contribution in [0.2, 0.25) is 0 Å². The van der Waals surface area contributed by atoms with Gasteiger partial charge in [-0.3, -0.25) is 0 Å². The normalized spacial score (nSPS) is 15.9. The fraction of sp³-hybridized carbons (Fsp3) is 0.625. The molecule has 0 radical (unpaired) electrons. The molecule has 1 aromatic heterocycles. The van der Waals surface area contributed by atoms with Gasteiger partial charge < -0.3 is 14.5 Å². The van der Waals surface area contributed by atoms with Crippen molar-refractivity contribution in [2.24, 2.45) is 0 Å². The van der Waals surface area contributed by atoms with Gasteiger partial charge >= 0.3 is 6.09 Å². The second kappa shape index (κ2) is 6.82. The zero-order valence-electron chi connectivity index (χ0n) is 14.1. The molecule has 0 saturated carbocycles. The van der Waals surface area contributed by atoms with Crippen LogP contribution in [0, 0.1) is 11.3 Å². The number of anilines is 1. The lowest BCUT2D eigenvalue weighted by Gasteiger charge is -2.37. The molecular formula is C16H23N5O2. The highest BCUT2D eigenvalue weighted by Gasteiger charge is 2.28. The molecule has 1 amide bonds. The van der Waals surface area contributed by atoms with Crippen molar-refractivity contribution in [3.8, 4) is 6.07 Å². The molecule has 7 heteroatoms. The van der Waals surface area contributed by atoms with Crippen LogP contribution in [0.1, 0.15) is 39.4 Å². The van der Waals surface area contributed by atoms with Gasteiger partial charge in [-0.15, -0.1) is 0 Å². The lowest BCUT2D eigenvalue weighted by atomic mass is 10.0. The number of carbonyl (C=O) groups is 1. The van der Waals surface area contributed by atoms with Crippen LogP contribution in [0.25, 0.3) is 0 Å². The topological polar surface area (TPSA) is 82.4 Å². The number of piperidine rings is 1. The molecule has 0 unspecified atom stereocenters. The third-order valence-electron chi connectivity index (χ3n) is 3.77. The van der Waals surface area contributed by atoms with E-state index >= 15 is 0 Å². The van der Waals surface area contributed by atoms with E-state index in [1.165, 1.54) is 0 Å². The highest BCUT2D eigenvalue weighted by molar-refractivity contribution is 5.68. The van der Waals surface area contributed by atoms with Crippen molar-refractivity contribution in [1.29, 1.82) is 5.26 Å². The van der Waals surface area contributed by atoms with Gasteiger partial charge in [-0.2, -0.15) is 5.26 Å². The molecule has 0 bridgehead atoms. The van der Waals surface area contributed by atoms with E-state index in [0.29, 0.717) is 13.1 Å². The van der Waals surface area contributed by atoms with Gasteiger partial charge in [-0.1, -0.05) is 0 Å². The predicted octanol–water partition coefficient (Wildman–Crippen LogP) is 2.18. The zero-order chi connectivity index (χ0) is 17.0. The Balaban J connectivity index is 1.93. The summed E-state index contributed by atoms with van der Waals surface area (Å²) >= 11 is 0. The highest BCUT2D eigenvalue weighted by atomic mass is 16.6. The van der Waals surface area contributed by atoms with E-state index in [1.54, 1.807) is 17.2 Å². The number of carbonyl (C=O) groups excluding carboxylic acids is 1. The highest BCUT2D eigenvalue weighted by Crippen LogP contribution is 2.21. The summed E-state index contributed by atoms with van der Waals surface area (Å²) in [5, 5.41) is 8.89. The maximum atomic E-state index is 12.1. The quantitative estimate of drug-likeness (QED) is 0.831. The van der Waals surface area contributed by atoms with Crippen molar-refractivity contribution in [2.45, 2.75) is 45.3 Å². The smallest absolute Gasteiger partial charge is 0.410 e. The third-order valence-corrected chi connectivity index (χ3v) is 3.77. The SMILES string of the molecule is CN(c1ccnc(C#N)n1)C1CCN(C(=O)OC(C)(C)C)CC1. The number of hydrogen-bond acceptors (Lipinski definition) is 6. The summed E-state index contributed by atoms with van der Waals surface area (Å²) in [6, 6.07) is 4.02. The first-order valence-corrected chi connectivity index (χ1v) is 7.74. The van der Waals surface area contributed by atoms with Gasteiger partial charge in [0, 0.05) is 32.4 Å². The van der Waals surface area contributed by atoms with Crippen LogP contribution in [0.15, 0.2) is 12.3 Å². The Morgan fingerprint density at radius 2 is 2.09 bits per heavy atom. The number of hydrogen-bond donors (Lipinski definition) is 0. The number of amides is 1. The predicted molar refractivity (Wildman–Crippen MR) is 86.0 cm³/mol. The monoisotopic (exact) mass is 317 g/mol. The van der Waals surface area contributed by atoms with Crippen molar-refractivity contribution in [1.82, 2.24) is 14.9 Å². The van der Waals surface area contributed by atoms with Gasteiger partial charge in [0.2, 0.25) is 5.82 Å². The molecule has 1 aliphatic rings. The molecule has 124 valence electrons. The molecule has 0 atom stereocenters. The van der Waals surface area contributed by atoms with Crippen LogP contribution in [0.4, 0.5) is 10.6 Å². The van der Waals surface area contributed by atoms with E-state index in [4.69, 9.17) is 10.00 Å². The Bertz CT molecular complexity index is 597. The Morgan fingerprint density at radius 3 is 2.65 bits per heavy atom. The number of ether oxygens (including phenoxy) is 1. The van der Waals surface area contributed by atoms with Crippen molar-refractivity contribution in [3.05, 3.63) is 18.1 Å². The molecule has 7 nitrogen and oxygen atoms in total. The molecule has 1 fully saturated rings. The van der Waals surface area contributed by atoms with Gasteiger partial charge in [-0.25, -0.2) is 14.8 Å². The summed E-state index contributed by atoms with van der Waals surface area (Å²) in [5.74, 6) is 0.896. The minimum Gasteiger partial charge on any atom is -0.444 e. The van der Waals surface area contributed by atoms with Gasteiger partial charge in [0.15, 0.2) is 0 Å². The van der Waals surface area contributed by atoms with Crippen molar-refractivity contribution in [2.75, 3.05) is 25.0 Å². The second-order valence-electron chi connectivity index (χ2n) is 6.66. The Kier molecular flexibility index (Phi) is 5.04. The van der Waals surface area contributed by atoms with Crippen LogP contribution in [-0.2, 0) is 4.74 Å². The van der Waals surface area contributed by atoms with Crippen molar-refractivity contribution >= 4 is 11.9 Å². The first-order valence-electron chi connectivity index (χ1n) is 7.74. The summed E-state index contributed by atoms with van der Waals surface area (Å²) in [4.78, 5) is 24.0. The Morgan fingerprint density at radius 1 is 1.43 bits per heavy atom. The second-order valence-corrected chi connectivity index (χ2v) is 6.66. The zero-order valence-corrected chi connectivity index (χ0v) is 14.1. The number of nitrogens with zero attached hydrogens (tertiary/aromatic N) is 5. The van der Waals surface area contributed by atoms with Gasteiger partial charge in [0.05, 0.1) is 0 Å². The van der Waals surface area contributed by atoms with Gasteiger partial charge in [-0.05, 0) is 39.7 Å². The van der Waals surface area contributed by atoms with Crippen LogP contribution < -0.4 is 4.90 Å². The minimum absolute atomic E-state index is 0.167. The lowest BCUT2D eigenvalue weighted by molar-refractivity contribution is 0.0205. The first-order chi connectivity index (χ1) is 10.8. The van der Waals surface area contributed by atoms with Crippen LogP contribution in [-0.4, -0.2) is 52.7 Å². The number of rotatable bonds is 2. The molecule has 1 aromatic rings. The molecular weight excluding hydrogens is 294 g/mol. The van der Waals surface area contributed by atoms with E-state index < -0.39 is 5.60 Å². The lowest BCUT2D eigenvalue weighted by Crippen LogP contribution is -2.47. The number of aromatic nitrogens is 2. The average Bonchev–Trinajstić information content (AvgIpc) is 2.53. The third kappa shape index (κ3) is 4.55. The summed E-state index contributed by atoms with van der Waals surface area (Å²) in [6.45, 7) is 6.91. The molecule has 2 heterocycles. The molecule has 0 N–H and O–H groups in total. The largest absolute Gasteiger partial charge is 0.444 e. The fourth-order valence-corrected chi connectivity index (χ4v) is 2.55. The van der Waals surface area contributed by atoms with E-state index in [2.05, 4.69) is 14.9 Å². The maximum Gasteiger partial charge on any atom is 0.410 e. The summed E-state index contributed by atoms with van der Waals surface area (Å²) in [5.41, 5.74) is -0.473. The van der Waals surface area contributed by atoms with Crippen LogP contribution in [0.3, 0.4) is 0 Å². The van der Waals surface area contributed by atoms with Crippen molar-refractivity contribution in [3.63, 3.8) is 0 Å². The molecule has 23 heavy (non-hydrogen) atoms. The summed E-state index contributed by atoms with van der Waals surface area (Å²) < 4.78 is 5.40. The molecule has 2 rings (SSSR count). The molecule has 0 spiro atoms. The molecule has 0 aromatic carbocycles. The fourth-order valence-electron chi connectivity index (χ4n) is 2.55. The standard InChI is InChI=1S/C16H23N5O2/c1-16(2,3)23-15(22)21-9-6-12(7-10-21)20(4)14-5-8-18-13(11-17)19-14/h5,8,12H,6-7,9-10H2,1-4H3. The molecule has 1 saturated heterocycles. The van der Waals surface area contributed by atoms with Gasteiger partial charge in [0.25, 0.3) is 0 Å². The Hall–Kier alpha value is -2.36. The Labute approximate surface area is 136 Å². The van der Waals surface area contributed by atoms with E-state index in [0.717, 1.165) is 18.7 Å². The molecule has 0 aliphatic carbocycles. The number of likely N-dealkylation sites (tertiary alicyclic amines) is 1. The maximum absolute atomic E-state index is 12.1. The minimum atomic E-state index is -0.473. The van der Waals surface area contributed by atoms with E-state index in [9.17, 15) is 4.79 Å². The van der Waals surface area contributed by atoms with E-state index in [1.807, 2.05) is 33.9 Å². The van der Waals surface area contributed by atoms with Crippen molar-refractivity contribution < 1.29 is 9.53 Å². The molecule has 1 aliphatic heterocycles. The summed E-state index contributed by atoms with van der Waals surface area (Å²) in [6.07, 6.45) is 3.00. The summed E-state index contributed by atoms with van der Waals surface area (Å²) in [7, 11) is 1.96. The van der Waals surface area contributed by atoms with Crippen LogP contribution >= 0.6 is 0 Å². The van der Waals surface area contributed by atoms with Gasteiger partial charge in [0.1, 0.15) is 17.5 Å². The first kappa shape index (κ1) is 17.0. The number of nitriles is 1. The van der Waals surface area contributed by atoms with Crippen LogP contribution in [0.5, 0.6) is 0 Å². The van der Waals surface area contributed by atoms with E-state index in [-0.39, 0.29) is 18.0 Å². The average molecular weight is 317 g/mol.